The maximum atomic E-state index is 12.0. The molecule has 0 rings (SSSR count). The fourth-order valence-corrected chi connectivity index (χ4v) is 1.07. The van der Waals surface area contributed by atoms with E-state index in [9.17, 15) is 13.2 Å². The van der Waals surface area contributed by atoms with Gasteiger partial charge in [-0.15, -0.1) is 0 Å². The molecule has 0 aliphatic carbocycles. The minimum absolute atomic E-state index is 0.136. The lowest BCUT2D eigenvalue weighted by Gasteiger charge is -1.95. The van der Waals surface area contributed by atoms with E-state index in [0.29, 0.717) is 0 Å². The van der Waals surface area contributed by atoms with Crippen LogP contribution in [0.2, 0.25) is 0 Å². The Hall–Kier alpha value is -0.230. The van der Waals surface area contributed by atoms with Crippen molar-refractivity contribution in [2.24, 2.45) is 5.73 Å². The van der Waals surface area contributed by atoms with Gasteiger partial charge < -0.3 is 5.73 Å². The Morgan fingerprint density at radius 3 is 2.27 bits per heavy atom. The number of hydrogen-bond acceptors (Lipinski definition) is 2. The molecule has 1 nitrogen and oxygen atoms in total. The normalized spacial score (nSPS) is 9.36. The van der Waals surface area contributed by atoms with Crippen LogP contribution in [0.15, 0.2) is 11.9 Å². The van der Waals surface area contributed by atoms with Gasteiger partial charge in [-0.2, -0.15) is 8.78 Å². The summed E-state index contributed by atoms with van der Waals surface area (Å²) in [5.41, 5.74) is 5.02. The second-order valence-corrected chi connectivity index (χ2v) is 3.42. The van der Waals surface area contributed by atoms with Gasteiger partial charge in [0.25, 0.3) is 0 Å². The molecule has 0 aromatic rings. The van der Waals surface area contributed by atoms with Crippen molar-refractivity contribution < 1.29 is 13.2 Å². The van der Waals surface area contributed by atoms with Gasteiger partial charge in [0.2, 0.25) is 0 Å². The van der Waals surface area contributed by atoms with Crippen LogP contribution < -0.4 is 5.73 Å². The lowest BCUT2D eigenvalue weighted by Crippen LogP contribution is -2.02. The predicted octanol–water partition coefficient (Wildman–Crippen LogP) is 2.43. The molecule has 0 aromatic heterocycles. The highest BCUT2D eigenvalue weighted by Gasteiger charge is 2.04. The van der Waals surface area contributed by atoms with Gasteiger partial charge in [0.1, 0.15) is 4.32 Å². The van der Waals surface area contributed by atoms with E-state index in [0.717, 1.165) is 11.8 Å². The van der Waals surface area contributed by atoms with E-state index < -0.39 is 11.9 Å². The summed E-state index contributed by atoms with van der Waals surface area (Å²) in [4.78, 5) is 0. The zero-order chi connectivity index (χ0) is 8.85. The first-order valence-electron chi connectivity index (χ1n) is 2.66. The quantitative estimate of drug-likeness (QED) is 0.710. The molecule has 6 heteroatoms. The van der Waals surface area contributed by atoms with Crippen molar-refractivity contribution in [1.29, 1.82) is 0 Å². The molecule has 64 valence electrons. The predicted molar refractivity (Wildman–Crippen MR) is 44.2 cm³/mol. The van der Waals surface area contributed by atoms with E-state index in [1.54, 1.807) is 0 Å². The Labute approximate surface area is 71.8 Å². The Balaban J connectivity index is 3.56. The van der Waals surface area contributed by atoms with Gasteiger partial charge in [0, 0.05) is 12.2 Å². The van der Waals surface area contributed by atoms with Gasteiger partial charge in [-0.3, -0.25) is 0 Å². The maximum Gasteiger partial charge on any atom is 0.301 e. The second-order valence-electron chi connectivity index (χ2n) is 1.58. The third kappa shape index (κ3) is 6.18. The van der Waals surface area contributed by atoms with Crippen LogP contribution in [0.4, 0.5) is 13.2 Å². The topological polar surface area (TPSA) is 26.0 Å². The minimum Gasteiger partial charge on any atom is -0.385 e. The van der Waals surface area contributed by atoms with E-state index in [2.05, 4.69) is 12.2 Å². The molecule has 0 unspecified atom stereocenters. The van der Waals surface area contributed by atoms with Crippen LogP contribution in [-0.2, 0) is 0 Å². The number of nitrogens with two attached hydrogens (primary N) is 1. The van der Waals surface area contributed by atoms with Gasteiger partial charge in [-0.1, -0.05) is 24.0 Å². The highest BCUT2D eigenvalue weighted by atomic mass is 32.2. The highest BCUT2D eigenvalue weighted by molar-refractivity contribution is 8.22. The fourth-order valence-electron chi connectivity index (χ4n) is 0.336. The maximum absolute atomic E-state index is 12.0. The molecule has 0 atom stereocenters. The molecule has 0 bridgehead atoms. The molecule has 0 saturated heterocycles. The van der Waals surface area contributed by atoms with Crippen molar-refractivity contribution in [1.82, 2.24) is 0 Å². The smallest absolute Gasteiger partial charge is 0.301 e. The van der Waals surface area contributed by atoms with Crippen molar-refractivity contribution >= 4 is 28.3 Å². The monoisotopic (exact) mass is 201 g/mol. The standard InChI is InChI=1S/C5H6F3NS2/c6-3(4(7)8)1-2-11-5(9)10/h1-2H2,(H2,9,10). The van der Waals surface area contributed by atoms with Crippen LogP contribution in [0.1, 0.15) is 6.42 Å². The van der Waals surface area contributed by atoms with Gasteiger partial charge in [0.15, 0.2) is 5.83 Å². The summed E-state index contributed by atoms with van der Waals surface area (Å²) in [5.74, 6) is -1.24. The zero-order valence-corrected chi connectivity index (χ0v) is 7.07. The first kappa shape index (κ1) is 10.8. The number of thioether (sulfide) groups is 1. The summed E-state index contributed by atoms with van der Waals surface area (Å²) in [7, 11) is 0. The van der Waals surface area contributed by atoms with Crippen LogP contribution in [0, 0.1) is 0 Å². The van der Waals surface area contributed by atoms with Crippen LogP contribution >= 0.6 is 24.0 Å². The van der Waals surface area contributed by atoms with Gasteiger partial charge in [0.05, 0.1) is 0 Å². The Kier molecular flexibility index (Phi) is 5.31. The third-order valence-corrected chi connectivity index (χ3v) is 1.82. The van der Waals surface area contributed by atoms with Crippen molar-refractivity contribution in [3.05, 3.63) is 11.9 Å². The second kappa shape index (κ2) is 5.42. The van der Waals surface area contributed by atoms with E-state index >= 15 is 0 Å². The molecule has 0 saturated carbocycles. The molecular formula is C5H6F3NS2. The molecule has 0 aromatic carbocycles. The van der Waals surface area contributed by atoms with Crippen molar-refractivity contribution in [3.63, 3.8) is 0 Å². The summed E-state index contributed by atoms with van der Waals surface area (Å²) >= 11 is 5.41. The molecule has 0 aliphatic rings. The SMILES string of the molecule is NC(=S)SCCC(F)=C(F)F. The zero-order valence-electron chi connectivity index (χ0n) is 5.44. The van der Waals surface area contributed by atoms with E-state index in [4.69, 9.17) is 5.73 Å². The fraction of sp³-hybridized carbons (Fsp3) is 0.400. The molecule has 0 fully saturated rings. The summed E-state index contributed by atoms with van der Waals surface area (Å²) < 4.78 is 34.9. The first-order chi connectivity index (χ1) is 5.04. The summed E-state index contributed by atoms with van der Waals surface area (Å²) in [5, 5.41) is 0. The van der Waals surface area contributed by atoms with Crippen molar-refractivity contribution in [2.75, 3.05) is 5.75 Å². The summed E-state index contributed by atoms with van der Waals surface area (Å²) in [6.45, 7) is 0. The third-order valence-electron chi connectivity index (χ3n) is 0.771. The lowest BCUT2D eigenvalue weighted by atomic mass is 10.4. The number of allylic oxidation sites excluding steroid dienone is 1. The molecule has 2 N–H and O–H groups in total. The number of rotatable bonds is 3. The van der Waals surface area contributed by atoms with Gasteiger partial charge in [-0.25, -0.2) is 4.39 Å². The molecule has 0 heterocycles. The van der Waals surface area contributed by atoms with Gasteiger partial charge in [-0.05, 0) is 0 Å². The average molecular weight is 201 g/mol. The molecular weight excluding hydrogens is 195 g/mol. The lowest BCUT2D eigenvalue weighted by molar-refractivity contribution is 0.373. The highest BCUT2D eigenvalue weighted by Crippen LogP contribution is 2.15. The Morgan fingerprint density at radius 2 is 1.91 bits per heavy atom. The van der Waals surface area contributed by atoms with E-state index in [1.165, 1.54) is 0 Å². The first-order valence-corrected chi connectivity index (χ1v) is 4.05. The minimum atomic E-state index is -2.27. The number of halogens is 3. The van der Waals surface area contributed by atoms with Crippen LogP contribution in [0.5, 0.6) is 0 Å². The Morgan fingerprint density at radius 1 is 1.36 bits per heavy atom. The van der Waals surface area contributed by atoms with E-state index in [-0.39, 0.29) is 16.5 Å². The van der Waals surface area contributed by atoms with Crippen molar-refractivity contribution in [3.8, 4) is 0 Å². The van der Waals surface area contributed by atoms with Crippen LogP contribution in [0.3, 0.4) is 0 Å². The average Bonchev–Trinajstić information content (AvgIpc) is 1.86. The van der Waals surface area contributed by atoms with Gasteiger partial charge >= 0.3 is 6.08 Å². The molecule has 0 spiro atoms. The number of thiocarbonyl (C=S) groups is 1. The van der Waals surface area contributed by atoms with E-state index in [1.807, 2.05) is 0 Å². The molecule has 0 aliphatic heterocycles. The summed E-state index contributed by atoms with van der Waals surface area (Å²) in [6, 6.07) is 0. The van der Waals surface area contributed by atoms with Crippen LogP contribution in [0.25, 0.3) is 0 Å². The number of hydrogen-bond donors (Lipinski definition) is 1. The molecule has 0 amide bonds. The molecule has 11 heavy (non-hydrogen) atoms. The van der Waals surface area contributed by atoms with Crippen LogP contribution in [-0.4, -0.2) is 10.1 Å². The molecule has 0 radical (unpaired) electrons. The Bertz CT molecular complexity index is 177. The largest absolute Gasteiger partial charge is 0.385 e. The summed E-state index contributed by atoms with van der Waals surface area (Å²) in [6.07, 6.45) is -2.60. The van der Waals surface area contributed by atoms with Crippen molar-refractivity contribution in [2.45, 2.75) is 6.42 Å².